The lowest BCUT2D eigenvalue weighted by molar-refractivity contribution is 0.418. The van der Waals surface area contributed by atoms with Crippen LogP contribution in [0, 0.1) is 22.7 Å². The first kappa shape index (κ1) is 15.6. The van der Waals surface area contributed by atoms with Crippen molar-refractivity contribution in [3.05, 3.63) is 4.60 Å². The highest BCUT2D eigenvalue weighted by Crippen LogP contribution is 2.22. The second kappa shape index (κ2) is 6.61. The van der Waals surface area contributed by atoms with Crippen molar-refractivity contribution in [1.82, 2.24) is 19.3 Å². The lowest BCUT2D eigenvalue weighted by atomic mass is 10.4. The second-order valence-electron chi connectivity index (χ2n) is 3.53. The van der Waals surface area contributed by atoms with E-state index in [-0.39, 0.29) is 35.6 Å². The highest BCUT2D eigenvalue weighted by atomic mass is 79.9. The van der Waals surface area contributed by atoms with Gasteiger partial charge in [-0.15, -0.1) is 5.10 Å². The minimum atomic E-state index is -3.84. The number of aromatic nitrogens is 3. The number of aryl methyl sites for hydroxylation is 1. The summed E-state index contributed by atoms with van der Waals surface area (Å²) in [6, 6.07) is 3.76. The molecule has 0 saturated heterocycles. The fourth-order valence-electron chi connectivity index (χ4n) is 1.42. The third-order valence-electron chi connectivity index (χ3n) is 2.27. The summed E-state index contributed by atoms with van der Waals surface area (Å²) in [6.45, 7) is 0.0519. The summed E-state index contributed by atoms with van der Waals surface area (Å²) >= 11 is 3.03. The topological polar surface area (TPSA) is 116 Å². The Bertz CT molecular complexity index is 589. The van der Waals surface area contributed by atoms with E-state index in [0.717, 1.165) is 8.99 Å². The molecule has 0 saturated carbocycles. The van der Waals surface area contributed by atoms with Gasteiger partial charge in [0.2, 0.25) is 5.03 Å². The maximum Gasteiger partial charge on any atom is 0.263 e. The van der Waals surface area contributed by atoms with Gasteiger partial charge in [0.05, 0.1) is 12.1 Å². The minimum Gasteiger partial charge on any atom is -0.235 e. The van der Waals surface area contributed by atoms with Crippen LogP contribution in [0.15, 0.2) is 9.63 Å². The van der Waals surface area contributed by atoms with E-state index in [1.165, 1.54) is 7.05 Å². The number of nitriles is 2. The van der Waals surface area contributed by atoms with Crippen molar-refractivity contribution in [2.45, 2.75) is 17.9 Å². The first-order chi connectivity index (χ1) is 8.95. The van der Waals surface area contributed by atoms with Crippen molar-refractivity contribution in [3.8, 4) is 12.1 Å². The summed E-state index contributed by atoms with van der Waals surface area (Å²) in [4.78, 5) is 0. The van der Waals surface area contributed by atoms with Crippen molar-refractivity contribution in [2.24, 2.45) is 7.05 Å². The maximum absolute atomic E-state index is 12.4. The number of rotatable bonds is 6. The average molecular weight is 347 g/mol. The predicted molar refractivity (Wildman–Crippen MR) is 67.9 cm³/mol. The van der Waals surface area contributed by atoms with E-state index >= 15 is 0 Å². The Kier molecular flexibility index (Phi) is 5.42. The Morgan fingerprint density at radius 1 is 1.32 bits per heavy atom. The molecule has 0 spiro atoms. The molecule has 0 radical (unpaired) electrons. The lowest BCUT2D eigenvalue weighted by Crippen LogP contribution is -2.34. The molecule has 0 bridgehead atoms. The van der Waals surface area contributed by atoms with Crippen molar-refractivity contribution in [1.29, 1.82) is 10.5 Å². The smallest absolute Gasteiger partial charge is 0.235 e. The Morgan fingerprint density at radius 3 is 2.21 bits per heavy atom. The maximum atomic E-state index is 12.4. The molecule has 0 amide bonds. The first-order valence-corrected chi connectivity index (χ1v) is 7.47. The Morgan fingerprint density at radius 2 is 1.84 bits per heavy atom. The zero-order valence-electron chi connectivity index (χ0n) is 10.1. The quantitative estimate of drug-likeness (QED) is 0.735. The minimum absolute atomic E-state index is 0.0259. The lowest BCUT2D eigenvalue weighted by Gasteiger charge is -2.19. The van der Waals surface area contributed by atoms with Gasteiger partial charge in [-0.05, 0) is 15.9 Å². The third kappa shape index (κ3) is 3.50. The van der Waals surface area contributed by atoms with Crippen LogP contribution in [0.2, 0.25) is 0 Å². The average Bonchev–Trinajstić information content (AvgIpc) is 2.69. The van der Waals surface area contributed by atoms with Crippen LogP contribution in [0.3, 0.4) is 0 Å². The molecular formula is C9H11BrN6O2S. The predicted octanol–water partition coefficient (Wildman–Crippen LogP) is 0.396. The van der Waals surface area contributed by atoms with Crippen molar-refractivity contribution < 1.29 is 8.42 Å². The van der Waals surface area contributed by atoms with E-state index < -0.39 is 10.0 Å². The number of halogens is 1. The highest BCUT2D eigenvalue weighted by Gasteiger charge is 2.30. The molecule has 1 aromatic heterocycles. The SMILES string of the molecule is Cn1nnc(Br)c1S(=O)(=O)N(CCC#N)CCC#N. The molecule has 10 heteroatoms. The Hall–Kier alpha value is -1.49. The molecule has 0 fully saturated rings. The molecule has 0 aromatic carbocycles. The molecule has 0 unspecified atom stereocenters. The van der Waals surface area contributed by atoms with Gasteiger partial charge in [-0.25, -0.2) is 13.1 Å². The van der Waals surface area contributed by atoms with Crippen LogP contribution < -0.4 is 0 Å². The van der Waals surface area contributed by atoms with E-state index in [4.69, 9.17) is 10.5 Å². The van der Waals surface area contributed by atoms with Crippen LogP contribution in [0.1, 0.15) is 12.8 Å². The fraction of sp³-hybridized carbons (Fsp3) is 0.556. The summed E-state index contributed by atoms with van der Waals surface area (Å²) in [5, 5.41) is 24.3. The molecule has 1 aromatic rings. The van der Waals surface area contributed by atoms with Crippen molar-refractivity contribution in [2.75, 3.05) is 13.1 Å². The summed E-state index contributed by atoms with van der Waals surface area (Å²) in [7, 11) is -2.39. The fourth-order valence-corrected chi connectivity index (χ4v) is 3.89. The monoisotopic (exact) mass is 346 g/mol. The Labute approximate surface area is 119 Å². The molecule has 19 heavy (non-hydrogen) atoms. The molecule has 1 heterocycles. The van der Waals surface area contributed by atoms with Gasteiger partial charge < -0.3 is 0 Å². The molecule has 0 aliphatic rings. The van der Waals surface area contributed by atoms with Crippen molar-refractivity contribution in [3.63, 3.8) is 0 Å². The molecule has 0 aliphatic heterocycles. The van der Waals surface area contributed by atoms with Gasteiger partial charge in [0.25, 0.3) is 10.0 Å². The Balaban J connectivity index is 3.13. The first-order valence-electron chi connectivity index (χ1n) is 5.24. The van der Waals surface area contributed by atoms with Crippen LogP contribution in [-0.4, -0.2) is 40.8 Å². The van der Waals surface area contributed by atoms with E-state index in [2.05, 4.69) is 26.2 Å². The second-order valence-corrected chi connectivity index (χ2v) is 6.13. The zero-order chi connectivity index (χ0) is 14.5. The molecule has 0 atom stereocenters. The van der Waals surface area contributed by atoms with E-state index in [9.17, 15) is 8.42 Å². The van der Waals surface area contributed by atoms with E-state index in [1.807, 2.05) is 12.1 Å². The van der Waals surface area contributed by atoms with Crippen LogP contribution >= 0.6 is 15.9 Å². The normalized spacial score (nSPS) is 11.2. The van der Waals surface area contributed by atoms with E-state index in [1.54, 1.807) is 0 Å². The summed E-state index contributed by atoms with van der Waals surface area (Å²) < 4.78 is 27.2. The number of hydrogen-bond acceptors (Lipinski definition) is 6. The largest absolute Gasteiger partial charge is 0.263 e. The van der Waals surface area contributed by atoms with Gasteiger partial charge in [0, 0.05) is 33.0 Å². The van der Waals surface area contributed by atoms with Gasteiger partial charge in [0.15, 0.2) is 4.60 Å². The number of sulfonamides is 1. The van der Waals surface area contributed by atoms with Gasteiger partial charge >= 0.3 is 0 Å². The molecule has 0 N–H and O–H groups in total. The molecule has 0 aliphatic carbocycles. The van der Waals surface area contributed by atoms with E-state index in [0.29, 0.717) is 0 Å². The summed E-state index contributed by atoms with van der Waals surface area (Å²) in [6.07, 6.45) is 0.0983. The van der Waals surface area contributed by atoms with Gasteiger partial charge in [0.1, 0.15) is 0 Å². The standard InChI is InChI=1S/C9H11BrN6O2S/c1-15-9(8(10)13-14-15)19(17,18)16(6-2-4-11)7-3-5-12/h2-3,6-7H2,1H3. The van der Waals surface area contributed by atoms with Crippen LogP contribution in [0.4, 0.5) is 0 Å². The van der Waals surface area contributed by atoms with Crippen LogP contribution in [-0.2, 0) is 17.1 Å². The third-order valence-corrected chi connectivity index (χ3v) is 5.06. The molecule has 102 valence electrons. The number of nitrogens with zero attached hydrogens (tertiary/aromatic N) is 6. The molecule has 8 nitrogen and oxygen atoms in total. The van der Waals surface area contributed by atoms with Crippen molar-refractivity contribution >= 4 is 26.0 Å². The van der Waals surface area contributed by atoms with Crippen LogP contribution in [0.25, 0.3) is 0 Å². The summed E-state index contributed by atoms with van der Waals surface area (Å²) in [5.41, 5.74) is 0. The van der Waals surface area contributed by atoms with Gasteiger partial charge in [-0.1, -0.05) is 5.21 Å². The zero-order valence-corrected chi connectivity index (χ0v) is 12.5. The van der Waals surface area contributed by atoms with Gasteiger partial charge in [-0.3, -0.25) is 0 Å². The highest BCUT2D eigenvalue weighted by molar-refractivity contribution is 9.10. The van der Waals surface area contributed by atoms with Gasteiger partial charge in [-0.2, -0.15) is 14.8 Å². The number of hydrogen-bond donors (Lipinski definition) is 0. The molecular weight excluding hydrogens is 336 g/mol. The molecule has 1 rings (SSSR count). The summed E-state index contributed by atoms with van der Waals surface area (Å²) in [5.74, 6) is 0. The van der Waals surface area contributed by atoms with Crippen LogP contribution in [0.5, 0.6) is 0 Å².